The van der Waals surface area contributed by atoms with Crippen molar-refractivity contribution in [1.29, 1.82) is 0 Å². The zero-order valence-corrected chi connectivity index (χ0v) is 11.2. The summed E-state index contributed by atoms with van der Waals surface area (Å²) in [6.45, 7) is 0. The number of rotatable bonds is 2. The third kappa shape index (κ3) is 2.78. The lowest BCUT2D eigenvalue weighted by atomic mass is 10.3. The van der Waals surface area contributed by atoms with Gasteiger partial charge < -0.3 is 5.73 Å². The number of hydrogen-bond acceptors (Lipinski definition) is 3. The second-order valence-corrected chi connectivity index (χ2v) is 5.27. The first-order valence-electron chi connectivity index (χ1n) is 4.71. The van der Waals surface area contributed by atoms with Crippen LogP contribution in [-0.4, -0.2) is 4.98 Å². The Bertz CT molecular complexity index is 584. The van der Waals surface area contributed by atoms with Crippen LogP contribution in [0, 0.1) is 17.5 Å². The molecular weight excluding hydrogens is 329 g/mol. The Morgan fingerprint density at radius 2 is 1.67 bits per heavy atom. The maximum Gasteiger partial charge on any atom is 0.156 e. The molecule has 0 atom stereocenters. The highest BCUT2D eigenvalue weighted by Gasteiger charge is 2.15. The van der Waals surface area contributed by atoms with Crippen LogP contribution in [0.15, 0.2) is 38.8 Å². The Hall–Kier alpha value is -1.21. The number of pyridine rings is 1. The van der Waals surface area contributed by atoms with Gasteiger partial charge in [0, 0.05) is 16.4 Å². The van der Waals surface area contributed by atoms with E-state index in [2.05, 4.69) is 20.9 Å². The fourth-order valence-electron chi connectivity index (χ4n) is 1.25. The summed E-state index contributed by atoms with van der Waals surface area (Å²) >= 11 is 3.62. The molecule has 0 aliphatic heterocycles. The highest BCUT2D eigenvalue weighted by molar-refractivity contribution is 9.10. The van der Waals surface area contributed by atoms with Crippen LogP contribution < -0.4 is 5.73 Å². The number of nitrogens with zero attached hydrogens (tertiary/aromatic N) is 1. The van der Waals surface area contributed by atoms with E-state index in [1.54, 1.807) is 0 Å². The molecule has 0 fully saturated rings. The fraction of sp³-hybridized carbons (Fsp3) is 0. The summed E-state index contributed by atoms with van der Waals surface area (Å²) in [4.78, 5) is 3.42. The van der Waals surface area contributed by atoms with Gasteiger partial charge in [-0.05, 0) is 34.1 Å². The van der Waals surface area contributed by atoms with E-state index in [-0.39, 0.29) is 15.6 Å². The molecule has 0 aliphatic carbocycles. The predicted octanol–water partition coefficient (Wildman–Crippen LogP) is 3.99. The smallest absolute Gasteiger partial charge is 0.156 e. The number of nitrogen functional groups attached to an aromatic ring is 1. The quantitative estimate of drug-likeness (QED) is 0.844. The molecule has 0 bridgehead atoms. The van der Waals surface area contributed by atoms with E-state index >= 15 is 0 Å². The number of hydrogen-bond donors (Lipinski definition) is 1. The van der Waals surface area contributed by atoms with Crippen molar-refractivity contribution < 1.29 is 13.2 Å². The summed E-state index contributed by atoms with van der Waals surface area (Å²) < 4.78 is 41.0. The van der Waals surface area contributed by atoms with E-state index in [1.165, 1.54) is 12.3 Å². The molecule has 94 valence electrons. The Morgan fingerprint density at radius 3 is 2.22 bits per heavy atom. The largest absolute Gasteiger partial charge is 0.399 e. The van der Waals surface area contributed by atoms with Crippen LogP contribution in [0.4, 0.5) is 18.9 Å². The maximum atomic E-state index is 13.5. The molecule has 2 aromatic rings. The van der Waals surface area contributed by atoms with Gasteiger partial charge in [-0.15, -0.1) is 0 Å². The summed E-state index contributed by atoms with van der Waals surface area (Å²) in [7, 11) is 0. The molecule has 1 aromatic carbocycles. The molecule has 0 saturated heterocycles. The van der Waals surface area contributed by atoms with Crippen molar-refractivity contribution in [3.05, 3.63) is 46.3 Å². The van der Waals surface area contributed by atoms with Crippen molar-refractivity contribution in [2.45, 2.75) is 9.92 Å². The minimum atomic E-state index is -0.846. The first-order valence-corrected chi connectivity index (χ1v) is 6.31. The molecule has 7 heteroatoms. The molecule has 0 radical (unpaired) electrons. The minimum absolute atomic E-state index is 0.0291. The molecule has 1 aromatic heterocycles. The van der Waals surface area contributed by atoms with Crippen LogP contribution in [0.3, 0.4) is 0 Å². The second-order valence-electron chi connectivity index (χ2n) is 3.36. The molecule has 0 amide bonds. The van der Waals surface area contributed by atoms with Gasteiger partial charge in [0.15, 0.2) is 5.82 Å². The van der Waals surface area contributed by atoms with Gasteiger partial charge in [0.1, 0.15) is 16.7 Å². The summed E-state index contributed by atoms with van der Waals surface area (Å²) in [6, 6.07) is 3.12. The SMILES string of the molecule is Nc1cc(F)c(Sc2ncc(Br)cc2F)c(F)c1. The van der Waals surface area contributed by atoms with Crippen molar-refractivity contribution in [2.24, 2.45) is 0 Å². The number of benzene rings is 1. The Labute approximate surface area is 114 Å². The lowest BCUT2D eigenvalue weighted by Crippen LogP contribution is -1.94. The first kappa shape index (κ1) is 13.2. The highest BCUT2D eigenvalue weighted by Crippen LogP contribution is 2.33. The van der Waals surface area contributed by atoms with Gasteiger partial charge in [0.25, 0.3) is 0 Å². The van der Waals surface area contributed by atoms with E-state index < -0.39 is 17.5 Å². The summed E-state index contributed by atoms with van der Waals surface area (Å²) in [5.41, 5.74) is 5.26. The van der Waals surface area contributed by atoms with E-state index in [0.717, 1.165) is 12.1 Å². The van der Waals surface area contributed by atoms with Crippen LogP contribution >= 0.6 is 27.7 Å². The molecule has 0 aliphatic rings. The Balaban J connectivity index is 2.40. The average molecular weight is 335 g/mol. The van der Waals surface area contributed by atoms with Crippen molar-refractivity contribution in [1.82, 2.24) is 4.98 Å². The summed E-state index contributed by atoms with van der Waals surface area (Å²) in [5, 5.41) is -0.110. The van der Waals surface area contributed by atoms with Crippen molar-refractivity contribution in [2.75, 3.05) is 5.73 Å². The van der Waals surface area contributed by atoms with Crippen molar-refractivity contribution >= 4 is 33.4 Å². The summed E-state index contributed by atoms with van der Waals surface area (Å²) in [5.74, 6) is -2.35. The molecule has 2 nitrogen and oxygen atoms in total. The molecule has 2 rings (SSSR count). The van der Waals surface area contributed by atoms with Crippen LogP contribution in [0.5, 0.6) is 0 Å². The molecule has 1 heterocycles. The summed E-state index contributed by atoms with van der Waals surface area (Å²) in [6.07, 6.45) is 1.35. The Kier molecular flexibility index (Phi) is 3.82. The van der Waals surface area contributed by atoms with Gasteiger partial charge in [-0.25, -0.2) is 18.2 Å². The monoisotopic (exact) mass is 334 g/mol. The lowest BCUT2D eigenvalue weighted by Gasteiger charge is -2.06. The number of aromatic nitrogens is 1. The standard InChI is InChI=1S/C11H6BrF3N2S/c12-5-1-9(15)11(17-4-5)18-10-7(13)2-6(16)3-8(10)14/h1-4H,16H2. The third-order valence-electron chi connectivity index (χ3n) is 1.99. The van der Waals surface area contributed by atoms with Crippen LogP contribution in [-0.2, 0) is 0 Å². The first-order chi connectivity index (χ1) is 8.47. The zero-order valence-electron chi connectivity index (χ0n) is 8.75. The molecular formula is C11H6BrF3N2S. The van der Waals surface area contributed by atoms with Gasteiger partial charge >= 0.3 is 0 Å². The molecule has 18 heavy (non-hydrogen) atoms. The molecule has 0 unspecified atom stereocenters. The van der Waals surface area contributed by atoms with Gasteiger partial charge in [0.2, 0.25) is 0 Å². The highest BCUT2D eigenvalue weighted by atomic mass is 79.9. The maximum absolute atomic E-state index is 13.5. The lowest BCUT2D eigenvalue weighted by molar-refractivity contribution is 0.540. The molecule has 2 N–H and O–H groups in total. The van der Waals surface area contributed by atoms with Crippen molar-refractivity contribution in [3.63, 3.8) is 0 Å². The van der Waals surface area contributed by atoms with Gasteiger partial charge in [0.05, 0.1) is 4.90 Å². The Morgan fingerprint density at radius 1 is 1.06 bits per heavy atom. The van der Waals surface area contributed by atoms with E-state index in [0.29, 0.717) is 16.2 Å². The topological polar surface area (TPSA) is 38.9 Å². The van der Waals surface area contributed by atoms with Gasteiger partial charge in [-0.3, -0.25) is 0 Å². The van der Waals surface area contributed by atoms with E-state index in [1.807, 2.05) is 0 Å². The van der Waals surface area contributed by atoms with E-state index in [4.69, 9.17) is 5.73 Å². The second kappa shape index (κ2) is 5.19. The molecule has 0 spiro atoms. The van der Waals surface area contributed by atoms with Gasteiger partial charge in [-0.1, -0.05) is 11.8 Å². The minimum Gasteiger partial charge on any atom is -0.399 e. The van der Waals surface area contributed by atoms with Crippen LogP contribution in [0.1, 0.15) is 0 Å². The zero-order chi connectivity index (χ0) is 13.3. The predicted molar refractivity (Wildman–Crippen MR) is 66.8 cm³/mol. The van der Waals surface area contributed by atoms with E-state index in [9.17, 15) is 13.2 Å². The van der Waals surface area contributed by atoms with Crippen molar-refractivity contribution in [3.8, 4) is 0 Å². The normalized spacial score (nSPS) is 10.7. The number of nitrogens with two attached hydrogens (primary N) is 1. The third-order valence-corrected chi connectivity index (χ3v) is 3.51. The fourth-order valence-corrected chi connectivity index (χ4v) is 2.32. The number of anilines is 1. The van der Waals surface area contributed by atoms with Crippen LogP contribution in [0.2, 0.25) is 0 Å². The molecule has 0 saturated carbocycles. The average Bonchev–Trinajstić information content (AvgIpc) is 2.25. The van der Waals surface area contributed by atoms with Gasteiger partial charge in [-0.2, -0.15) is 0 Å². The number of halogens is 4. The van der Waals surface area contributed by atoms with Crippen LogP contribution in [0.25, 0.3) is 0 Å².